The third-order valence-electron chi connectivity index (χ3n) is 4.23. The summed E-state index contributed by atoms with van der Waals surface area (Å²) in [5, 5.41) is 2.82. The highest BCUT2D eigenvalue weighted by atomic mass is 19.1. The van der Waals surface area contributed by atoms with Gasteiger partial charge in [0.05, 0.1) is 12.1 Å². The average molecular weight is 371 g/mol. The van der Waals surface area contributed by atoms with E-state index in [9.17, 15) is 14.0 Å². The highest BCUT2D eigenvalue weighted by Crippen LogP contribution is 2.34. The predicted molar refractivity (Wildman–Crippen MR) is 102 cm³/mol. The molecule has 0 bridgehead atoms. The molecular weight excluding hydrogens is 349 g/mol. The quantitative estimate of drug-likeness (QED) is 0.846. The first-order valence-corrected chi connectivity index (χ1v) is 8.68. The summed E-state index contributed by atoms with van der Waals surface area (Å²) in [6, 6.07) is 11.0. The van der Waals surface area contributed by atoms with Crippen LogP contribution in [0.3, 0.4) is 0 Å². The molecule has 2 aromatic carbocycles. The summed E-state index contributed by atoms with van der Waals surface area (Å²) in [7, 11) is 3.88. The molecule has 142 valence electrons. The topological polar surface area (TPSA) is 61.9 Å². The first-order valence-electron chi connectivity index (χ1n) is 8.68. The Morgan fingerprint density at radius 3 is 2.67 bits per heavy atom. The number of nitrogens with one attached hydrogen (secondary N) is 1. The van der Waals surface area contributed by atoms with E-state index < -0.39 is 0 Å². The van der Waals surface area contributed by atoms with Gasteiger partial charge in [-0.25, -0.2) is 4.39 Å². The molecule has 0 unspecified atom stereocenters. The van der Waals surface area contributed by atoms with E-state index in [1.165, 1.54) is 12.1 Å². The number of amides is 2. The molecule has 1 aliphatic heterocycles. The Kier molecular flexibility index (Phi) is 5.71. The predicted octanol–water partition coefficient (Wildman–Crippen LogP) is 2.29. The van der Waals surface area contributed by atoms with Crippen molar-refractivity contribution in [3.05, 3.63) is 53.8 Å². The van der Waals surface area contributed by atoms with Gasteiger partial charge < -0.3 is 19.9 Å². The molecule has 0 saturated carbocycles. The van der Waals surface area contributed by atoms with Gasteiger partial charge in [-0.1, -0.05) is 12.1 Å². The van der Waals surface area contributed by atoms with Gasteiger partial charge in [-0.2, -0.15) is 0 Å². The molecule has 0 atom stereocenters. The van der Waals surface area contributed by atoms with Crippen LogP contribution in [0.2, 0.25) is 0 Å². The molecule has 0 aromatic heterocycles. The molecule has 0 spiro atoms. The Labute approximate surface area is 157 Å². The van der Waals surface area contributed by atoms with Crippen LogP contribution in [0.1, 0.15) is 5.56 Å². The van der Waals surface area contributed by atoms with Crippen LogP contribution >= 0.6 is 0 Å². The minimum Gasteiger partial charge on any atom is -0.482 e. The summed E-state index contributed by atoms with van der Waals surface area (Å²) < 4.78 is 18.5. The molecule has 1 heterocycles. The van der Waals surface area contributed by atoms with Gasteiger partial charge >= 0.3 is 0 Å². The lowest BCUT2D eigenvalue weighted by atomic mass is 10.1. The van der Waals surface area contributed by atoms with Crippen LogP contribution < -0.4 is 15.0 Å². The summed E-state index contributed by atoms with van der Waals surface area (Å²) in [4.78, 5) is 28.2. The van der Waals surface area contributed by atoms with Crippen LogP contribution in [0.5, 0.6) is 5.75 Å². The zero-order valence-corrected chi connectivity index (χ0v) is 15.4. The summed E-state index contributed by atoms with van der Waals surface area (Å²) >= 11 is 0. The number of carbonyl (C=O) groups is 2. The number of halogens is 1. The van der Waals surface area contributed by atoms with E-state index in [0.717, 1.165) is 5.56 Å². The SMILES string of the molecule is CN(C)CCN1C(=O)COc2ccc(NC(=O)Cc3ccc(F)cc3)cc21. The lowest BCUT2D eigenvalue weighted by Crippen LogP contribution is -2.42. The molecule has 1 N–H and O–H groups in total. The number of anilines is 2. The van der Waals surface area contributed by atoms with Gasteiger partial charge in [0.15, 0.2) is 6.61 Å². The molecule has 7 heteroatoms. The first kappa shape index (κ1) is 18.8. The maximum Gasteiger partial charge on any atom is 0.265 e. The zero-order valence-electron chi connectivity index (χ0n) is 15.4. The Balaban J connectivity index is 1.72. The largest absolute Gasteiger partial charge is 0.482 e. The lowest BCUT2D eigenvalue weighted by molar-refractivity contribution is -0.121. The van der Waals surface area contributed by atoms with Crippen molar-refractivity contribution < 1.29 is 18.7 Å². The molecule has 2 amide bonds. The van der Waals surface area contributed by atoms with Crippen molar-refractivity contribution >= 4 is 23.2 Å². The van der Waals surface area contributed by atoms with Crippen molar-refractivity contribution in [3.8, 4) is 5.75 Å². The summed E-state index contributed by atoms with van der Waals surface area (Å²) in [5.74, 6) is -0.0511. The normalized spacial score (nSPS) is 13.3. The Morgan fingerprint density at radius 2 is 1.96 bits per heavy atom. The third-order valence-corrected chi connectivity index (χ3v) is 4.23. The smallest absolute Gasteiger partial charge is 0.265 e. The van der Waals surface area contributed by atoms with Crippen molar-refractivity contribution in [1.82, 2.24) is 4.90 Å². The summed E-state index contributed by atoms with van der Waals surface area (Å²) in [6.07, 6.45) is 0.136. The van der Waals surface area contributed by atoms with Crippen LogP contribution in [0.25, 0.3) is 0 Å². The number of nitrogens with zero attached hydrogens (tertiary/aromatic N) is 2. The maximum absolute atomic E-state index is 13.0. The number of hydrogen-bond donors (Lipinski definition) is 1. The Morgan fingerprint density at radius 1 is 1.22 bits per heavy atom. The molecule has 0 fully saturated rings. The monoisotopic (exact) mass is 371 g/mol. The number of rotatable bonds is 6. The fourth-order valence-electron chi connectivity index (χ4n) is 2.82. The number of fused-ring (bicyclic) bond motifs is 1. The second kappa shape index (κ2) is 8.18. The van der Waals surface area contributed by atoms with Gasteiger partial charge in [0.2, 0.25) is 5.91 Å². The van der Waals surface area contributed by atoms with E-state index in [4.69, 9.17) is 4.74 Å². The van der Waals surface area contributed by atoms with Crippen LogP contribution in [0.15, 0.2) is 42.5 Å². The van der Waals surface area contributed by atoms with Crippen LogP contribution in [-0.2, 0) is 16.0 Å². The van der Waals surface area contributed by atoms with E-state index in [-0.39, 0.29) is 30.7 Å². The van der Waals surface area contributed by atoms with Gasteiger partial charge in [0.25, 0.3) is 5.91 Å². The van der Waals surface area contributed by atoms with Gasteiger partial charge in [-0.15, -0.1) is 0 Å². The fraction of sp³-hybridized carbons (Fsp3) is 0.300. The van der Waals surface area contributed by atoms with Crippen LogP contribution in [-0.4, -0.2) is 50.5 Å². The molecule has 27 heavy (non-hydrogen) atoms. The number of carbonyl (C=O) groups excluding carboxylic acids is 2. The molecule has 2 aromatic rings. The van der Waals surface area contributed by atoms with E-state index in [2.05, 4.69) is 5.32 Å². The molecule has 3 rings (SSSR count). The standard InChI is InChI=1S/C20H22FN3O3/c1-23(2)9-10-24-17-12-16(7-8-18(17)27-13-20(24)26)22-19(25)11-14-3-5-15(21)6-4-14/h3-8,12H,9-11,13H2,1-2H3,(H,22,25). The Hall–Kier alpha value is -2.93. The number of ether oxygens (including phenoxy) is 1. The Bertz CT molecular complexity index is 837. The van der Waals surface area contributed by atoms with Crippen molar-refractivity contribution in [1.29, 1.82) is 0 Å². The second-order valence-corrected chi connectivity index (χ2v) is 6.67. The van der Waals surface area contributed by atoms with E-state index >= 15 is 0 Å². The van der Waals surface area contributed by atoms with Crippen molar-refractivity contribution in [2.75, 3.05) is 44.0 Å². The van der Waals surface area contributed by atoms with E-state index in [1.807, 2.05) is 19.0 Å². The van der Waals surface area contributed by atoms with Gasteiger partial charge in [0.1, 0.15) is 11.6 Å². The number of benzene rings is 2. The zero-order chi connectivity index (χ0) is 19.4. The van der Waals surface area contributed by atoms with Crippen molar-refractivity contribution in [3.63, 3.8) is 0 Å². The fourth-order valence-corrected chi connectivity index (χ4v) is 2.82. The maximum atomic E-state index is 13.0. The second-order valence-electron chi connectivity index (χ2n) is 6.67. The molecule has 0 radical (unpaired) electrons. The minimum absolute atomic E-state index is 0.0106. The summed E-state index contributed by atoms with van der Waals surface area (Å²) in [5.41, 5.74) is 1.94. The van der Waals surface area contributed by atoms with E-state index in [0.29, 0.717) is 30.2 Å². The third kappa shape index (κ3) is 4.83. The molecule has 0 aliphatic carbocycles. The van der Waals surface area contributed by atoms with E-state index in [1.54, 1.807) is 35.2 Å². The molecule has 1 aliphatic rings. The van der Waals surface area contributed by atoms with Crippen LogP contribution in [0.4, 0.5) is 15.8 Å². The summed E-state index contributed by atoms with van der Waals surface area (Å²) in [6.45, 7) is 1.26. The highest BCUT2D eigenvalue weighted by molar-refractivity contribution is 5.99. The van der Waals surface area contributed by atoms with Gasteiger partial charge in [-0.3, -0.25) is 9.59 Å². The molecule has 0 saturated heterocycles. The molecular formula is C20H22FN3O3. The van der Waals surface area contributed by atoms with Gasteiger partial charge in [-0.05, 0) is 50.0 Å². The number of likely N-dealkylation sites (N-methyl/N-ethyl adjacent to an activating group) is 1. The minimum atomic E-state index is -0.337. The average Bonchev–Trinajstić information content (AvgIpc) is 2.62. The van der Waals surface area contributed by atoms with Crippen molar-refractivity contribution in [2.45, 2.75) is 6.42 Å². The number of hydrogen-bond acceptors (Lipinski definition) is 4. The molecule has 6 nitrogen and oxygen atoms in total. The first-order chi connectivity index (χ1) is 12.9. The van der Waals surface area contributed by atoms with Gasteiger partial charge in [0, 0.05) is 18.8 Å². The van der Waals surface area contributed by atoms with Crippen LogP contribution in [0, 0.1) is 5.82 Å². The lowest BCUT2D eigenvalue weighted by Gasteiger charge is -2.30. The van der Waals surface area contributed by atoms with Crippen molar-refractivity contribution in [2.24, 2.45) is 0 Å². The highest BCUT2D eigenvalue weighted by Gasteiger charge is 2.25.